The van der Waals surface area contributed by atoms with Crippen LogP contribution in [0.15, 0.2) is 24.3 Å². The summed E-state index contributed by atoms with van der Waals surface area (Å²) in [4.78, 5) is 0. The maximum absolute atomic E-state index is 12.8. The molecule has 1 aromatic carbocycles. The van der Waals surface area contributed by atoms with E-state index < -0.39 is 0 Å². The number of rotatable bonds is 1. The van der Waals surface area contributed by atoms with Gasteiger partial charge in [-0.05, 0) is 30.7 Å². The maximum atomic E-state index is 12.8. The molecule has 0 radical (unpaired) electrons. The highest BCUT2D eigenvalue weighted by atomic mass is 35.5. The van der Waals surface area contributed by atoms with Crippen LogP contribution >= 0.6 is 12.4 Å². The summed E-state index contributed by atoms with van der Waals surface area (Å²) in [6.07, 6.45) is 0.350. The van der Waals surface area contributed by atoms with Crippen molar-refractivity contribution in [2.24, 2.45) is 0 Å². The van der Waals surface area contributed by atoms with Gasteiger partial charge in [0.05, 0.1) is 12.1 Å². The summed E-state index contributed by atoms with van der Waals surface area (Å²) < 4.78 is 12.8. The highest BCUT2D eigenvalue weighted by Crippen LogP contribution is 2.23. The van der Waals surface area contributed by atoms with Crippen molar-refractivity contribution in [2.45, 2.75) is 18.6 Å². The Balaban J connectivity index is 0.000000980. The van der Waals surface area contributed by atoms with Gasteiger partial charge >= 0.3 is 0 Å². The quantitative estimate of drug-likeness (QED) is 0.750. The van der Waals surface area contributed by atoms with Gasteiger partial charge in [0, 0.05) is 0 Å². The Labute approximate surface area is 88.5 Å². The fourth-order valence-corrected chi connectivity index (χ4v) is 1.73. The van der Waals surface area contributed by atoms with Crippen LogP contribution < -0.4 is 5.32 Å². The Bertz CT molecular complexity index is 308. The summed E-state index contributed by atoms with van der Waals surface area (Å²) in [7, 11) is 0. The third-order valence-corrected chi connectivity index (χ3v) is 2.40. The molecule has 1 saturated heterocycles. The average Bonchev–Trinajstić information content (AvgIpc) is 2.51. The van der Waals surface area contributed by atoms with Crippen LogP contribution in [0.5, 0.6) is 0 Å². The van der Waals surface area contributed by atoms with Crippen LogP contribution in [0.25, 0.3) is 0 Å². The molecule has 1 heterocycles. The van der Waals surface area contributed by atoms with Crippen molar-refractivity contribution >= 4 is 12.4 Å². The predicted molar refractivity (Wildman–Crippen MR) is 55.0 cm³/mol. The van der Waals surface area contributed by atoms with Crippen molar-refractivity contribution in [2.75, 3.05) is 6.54 Å². The Hall–Kier alpha value is -0.640. The van der Waals surface area contributed by atoms with E-state index in [1.165, 1.54) is 12.1 Å². The van der Waals surface area contributed by atoms with Crippen molar-refractivity contribution in [3.05, 3.63) is 35.6 Å². The van der Waals surface area contributed by atoms with Crippen LogP contribution in [0.2, 0.25) is 0 Å². The van der Waals surface area contributed by atoms with Gasteiger partial charge in [-0.25, -0.2) is 4.39 Å². The number of benzene rings is 1. The molecular formula is C10H13ClFNO. The second kappa shape index (κ2) is 4.73. The summed E-state index contributed by atoms with van der Waals surface area (Å²) >= 11 is 0. The molecule has 2 N–H and O–H groups in total. The molecule has 2 rings (SSSR count). The van der Waals surface area contributed by atoms with E-state index in [9.17, 15) is 9.50 Å². The zero-order valence-corrected chi connectivity index (χ0v) is 8.43. The van der Waals surface area contributed by atoms with E-state index >= 15 is 0 Å². The van der Waals surface area contributed by atoms with Gasteiger partial charge in [0.15, 0.2) is 0 Å². The van der Waals surface area contributed by atoms with Crippen LogP contribution in [-0.2, 0) is 0 Å². The first-order valence-corrected chi connectivity index (χ1v) is 4.44. The first-order chi connectivity index (χ1) is 6.27. The largest absolute Gasteiger partial charge is 0.391 e. The van der Waals surface area contributed by atoms with Crippen molar-refractivity contribution < 1.29 is 9.50 Å². The lowest BCUT2D eigenvalue weighted by Crippen LogP contribution is -2.20. The Morgan fingerprint density at radius 1 is 1.43 bits per heavy atom. The number of aliphatic hydroxyl groups excluding tert-OH is 1. The molecular weight excluding hydrogens is 205 g/mol. The Morgan fingerprint density at radius 3 is 2.79 bits per heavy atom. The lowest BCUT2D eigenvalue weighted by molar-refractivity contribution is 0.160. The zero-order valence-electron chi connectivity index (χ0n) is 7.61. The van der Waals surface area contributed by atoms with E-state index in [0.29, 0.717) is 0 Å². The molecule has 0 aliphatic carbocycles. The van der Waals surface area contributed by atoms with Crippen LogP contribution in [0.3, 0.4) is 0 Å². The van der Waals surface area contributed by atoms with Crippen molar-refractivity contribution in [1.82, 2.24) is 5.32 Å². The van der Waals surface area contributed by atoms with E-state index in [1.807, 2.05) is 6.07 Å². The number of halogens is 2. The molecule has 14 heavy (non-hydrogen) atoms. The maximum Gasteiger partial charge on any atom is 0.123 e. The standard InChI is InChI=1S/C10H12FNO.ClH/c11-8-3-1-2-7(6-8)10-9(13)4-5-12-10;/h1-3,6,9-10,12-13H,4-5H2;1H. The van der Waals surface area contributed by atoms with Crippen LogP contribution in [0.1, 0.15) is 18.0 Å². The van der Waals surface area contributed by atoms with Crippen LogP contribution in [-0.4, -0.2) is 17.8 Å². The third-order valence-electron chi connectivity index (χ3n) is 2.40. The molecule has 1 aliphatic heterocycles. The summed E-state index contributed by atoms with van der Waals surface area (Å²) in [6, 6.07) is 6.26. The van der Waals surface area contributed by atoms with Crippen molar-refractivity contribution in [3.8, 4) is 0 Å². The summed E-state index contributed by atoms with van der Waals surface area (Å²) in [5.74, 6) is -0.251. The molecule has 2 atom stereocenters. The number of hydrogen-bond acceptors (Lipinski definition) is 2. The molecule has 1 aromatic rings. The minimum absolute atomic E-state index is 0. The average molecular weight is 218 g/mol. The van der Waals surface area contributed by atoms with Crippen LogP contribution in [0, 0.1) is 5.82 Å². The number of nitrogens with one attached hydrogen (secondary N) is 1. The predicted octanol–water partition coefficient (Wildman–Crippen LogP) is 1.64. The third kappa shape index (κ3) is 2.23. The molecule has 0 aromatic heterocycles. The topological polar surface area (TPSA) is 32.3 Å². The summed E-state index contributed by atoms with van der Waals surface area (Å²) in [5.41, 5.74) is 0.824. The smallest absolute Gasteiger partial charge is 0.123 e. The molecule has 0 saturated carbocycles. The van der Waals surface area contributed by atoms with Gasteiger partial charge in [0.1, 0.15) is 5.82 Å². The SMILES string of the molecule is Cl.OC1CCNC1c1cccc(F)c1. The van der Waals surface area contributed by atoms with Gasteiger partial charge in [-0.2, -0.15) is 0 Å². The van der Waals surface area contributed by atoms with Gasteiger partial charge in [0.25, 0.3) is 0 Å². The second-order valence-electron chi connectivity index (χ2n) is 3.34. The molecule has 0 amide bonds. The minimum Gasteiger partial charge on any atom is -0.391 e. The Morgan fingerprint density at radius 2 is 2.21 bits per heavy atom. The van der Waals surface area contributed by atoms with E-state index in [0.717, 1.165) is 18.5 Å². The van der Waals surface area contributed by atoms with Gasteiger partial charge in [-0.1, -0.05) is 12.1 Å². The van der Waals surface area contributed by atoms with E-state index in [4.69, 9.17) is 0 Å². The molecule has 2 nitrogen and oxygen atoms in total. The first-order valence-electron chi connectivity index (χ1n) is 4.44. The van der Waals surface area contributed by atoms with E-state index in [-0.39, 0.29) is 30.4 Å². The lowest BCUT2D eigenvalue weighted by atomic mass is 10.0. The molecule has 0 bridgehead atoms. The lowest BCUT2D eigenvalue weighted by Gasteiger charge is -2.14. The summed E-state index contributed by atoms with van der Waals surface area (Å²) in [5, 5.41) is 12.7. The fourth-order valence-electron chi connectivity index (χ4n) is 1.73. The summed E-state index contributed by atoms with van der Waals surface area (Å²) in [6.45, 7) is 0.794. The number of hydrogen-bond donors (Lipinski definition) is 2. The molecule has 4 heteroatoms. The molecule has 0 spiro atoms. The normalized spacial score (nSPS) is 25.9. The van der Waals surface area contributed by atoms with Gasteiger partial charge in [-0.15, -0.1) is 12.4 Å². The molecule has 1 aliphatic rings. The monoisotopic (exact) mass is 217 g/mol. The van der Waals surface area contributed by atoms with E-state index in [2.05, 4.69) is 5.32 Å². The van der Waals surface area contributed by atoms with Crippen LogP contribution in [0.4, 0.5) is 4.39 Å². The van der Waals surface area contributed by atoms with E-state index in [1.54, 1.807) is 6.07 Å². The second-order valence-corrected chi connectivity index (χ2v) is 3.34. The zero-order chi connectivity index (χ0) is 9.26. The molecule has 2 unspecified atom stereocenters. The van der Waals surface area contributed by atoms with Crippen molar-refractivity contribution in [3.63, 3.8) is 0 Å². The fraction of sp³-hybridized carbons (Fsp3) is 0.400. The molecule has 78 valence electrons. The first kappa shape index (κ1) is 11.4. The van der Waals surface area contributed by atoms with Crippen molar-refractivity contribution in [1.29, 1.82) is 0 Å². The minimum atomic E-state index is -0.387. The highest BCUT2D eigenvalue weighted by Gasteiger charge is 2.25. The van der Waals surface area contributed by atoms with Gasteiger partial charge in [0.2, 0.25) is 0 Å². The van der Waals surface area contributed by atoms with Gasteiger partial charge < -0.3 is 10.4 Å². The molecule has 1 fully saturated rings. The highest BCUT2D eigenvalue weighted by molar-refractivity contribution is 5.85. The Kier molecular flexibility index (Phi) is 3.86. The number of aliphatic hydroxyl groups is 1. The van der Waals surface area contributed by atoms with Gasteiger partial charge in [-0.3, -0.25) is 0 Å².